The first-order chi connectivity index (χ1) is 12.4. The van der Waals surface area contributed by atoms with E-state index in [0.717, 1.165) is 22.3 Å². The Labute approximate surface area is 155 Å². The molecule has 6 heteroatoms. The molecule has 0 saturated heterocycles. The van der Waals surface area contributed by atoms with Crippen LogP contribution in [-0.4, -0.2) is 17.0 Å². The molecule has 0 spiro atoms. The average molecular weight is 370 g/mol. The van der Waals surface area contributed by atoms with Crippen LogP contribution in [0.15, 0.2) is 48.0 Å². The molecule has 4 nitrogen and oxygen atoms in total. The summed E-state index contributed by atoms with van der Waals surface area (Å²) in [6.07, 6.45) is 1.71. The van der Waals surface area contributed by atoms with Gasteiger partial charge in [-0.15, -0.1) is 0 Å². The van der Waals surface area contributed by atoms with E-state index in [1.807, 2.05) is 13.0 Å². The predicted molar refractivity (Wildman–Crippen MR) is 100.0 cm³/mol. The highest BCUT2D eigenvalue weighted by Crippen LogP contribution is 2.43. The van der Waals surface area contributed by atoms with E-state index in [-0.39, 0.29) is 6.42 Å². The van der Waals surface area contributed by atoms with Crippen LogP contribution in [0, 0.1) is 5.82 Å². The predicted octanol–water partition coefficient (Wildman–Crippen LogP) is 4.63. The molecule has 2 aromatic rings. The van der Waals surface area contributed by atoms with Crippen LogP contribution in [-0.2, 0) is 8.98 Å². The first-order valence-corrected chi connectivity index (χ1v) is 8.17. The molecule has 0 amide bonds. The lowest BCUT2D eigenvalue weighted by Crippen LogP contribution is -1.97. The molecule has 0 heterocycles. The number of aliphatic carboxylic acids is 1. The fourth-order valence-corrected chi connectivity index (χ4v) is 3.17. The summed E-state index contributed by atoms with van der Waals surface area (Å²) in [6, 6.07) is 11.1. The third kappa shape index (κ3) is 3.41. The minimum atomic E-state index is -0.967. The fraction of sp³-hybridized carbons (Fsp3) is 0.100. The average Bonchev–Trinajstić information content (AvgIpc) is 2.86. The number of benzene rings is 2. The van der Waals surface area contributed by atoms with Crippen LogP contribution >= 0.6 is 12.9 Å². The second-order valence-corrected chi connectivity index (χ2v) is 6.11. The summed E-state index contributed by atoms with van der Waals surface area (Å²) in [4.78, 5) is 22.6. The van der Waals surface area contributed by atoms with E-state index in [1.165, 1.54) is 12.1 Å². The van der Waals surface area contributed by atoms with Gasteiger partial charge in [0.15, 0.2) is 0 Å². The Balaban J connectivity index is 2.06. The maximum atomic E-state index is 13.7. The molecule has 0 unspecified atom stereocenters. The Morgan fingerprint density at radius 2 is 1.85 bits per heavy atom. The van der Waals surface area contributed by atoms with Crippen LogP contribution in [0.2, 0.25) is 0 Å². The van der Waals surface area contributed by atoms with E-state index in [9.17, 15) is 19.1 Å². The second-order valence-electron chi connectivity index (χ2n) is 5.92. The molecule has 0 saturated carbocycles. The van der Waals surface area contributed by atoms with Crippen molar-refractivity contribution in [1.82, 2.24) is 0 Å². The Morgan fingerprint density at radius 1 is 1.15 bits per heavy atom. The number of rotatable bonds is 4. The Kier molecular flexibility index (Phi) is 4.95. The van der Waals surface area contributed by atoms with E-state index < -0.39 is 17.8 Å². The molecule has 0 fully saturated rings. The summed E-state index contributed by atoms with van der Waals surface area (Å²) in [5, 5.41) is 9.17. The van der Waals surface area contributed by atoms with Crippen LogP contribution in [0.4, 0.5) is 4.39 Å². The lowest BCUT2D eigenvalue weighted by atomic mass is 10.00. The van der Waals surface area contributed by atoms with E-state index in [0.29, 0.717) is 16.7 Å². The monoisotopic (exact) mass is 370 g/mol. The zero-order valence-corrected chi connectivity index (χ0v) is 14.7. The number of halogens is 1. The number of fused-ring (bicyclic) bond motifs is 1. The number of allylic oxidation sites excluding steroid dienone is 2. The van der Waals surface area contributed by atoms with Crippen LogP contribution in [0.25, 0.3) is 17.2 Å². The zero-order valence-electron chi connectivity index (χ0n) is 13.8. The summed E-state index contributed by atoms with van der Waals surface area (Å²) in [5.74, 6) is -1.92. The third-order valence-corrected chi connectivity index (χ3v) is 4.49. The normalized spacial score (nSPS) is 14.5. The molecule has 1 aliphatic carbocycles. The van der Waals surface area contributed by atoms with Gasteiger partial charge in [0.1, 0.15) is 5.82 Å². The molecule has 0 atom stereocenters. The number of hydrogen-bond acceptors (Lipinski definition) is 4. The zero-order chi connectivity index (χ0) is 18.8. The molecule has 1 aliphatic rings. The highest BCUT2D eigenvalue weighted by atomic mass is 32.1. The van der Waals surface area contributed by atoms with Gasteiger partial charge in [-0.05, 0) is 70.7 Å². The summed E-state index contributed by atoms with van der Waals surface area (Å²) in [5.41, 5.74) is 4.82. The number of hydrogen-bond donors (Lipinski definition) is 2. The molecule has 0 aliphatic heterocycles. The van der Waals surface area contributed by atoms with Gasteiger partial charge in [-0.3, -0.25) is 4.79 Å². The largest absolute Gasteiger partial charge is 0.481 e. The fourth-order valence-electron chi connectivity index (χ4n) is 3.07. The first-order valence-electron chi connectivity index (χ1n) is 7.80. The maximum absolute atomic E-state index is 13.7. The molecule has 132 valence electrons. The molecule has 2 aromatic carbocycles. The van der Waals surface area contributed by atoms with Gasteiger partial charge in [0.2, 0.25) is 0 Å². The van der Waals surface area contributed by atoms with Gasteiger partial charge < -0.3 is 9.29 Å². The highest BCUT2D eigenvalue weighted by molar-refractivity contribution is 7.75. The molecule has 3 rings (SSSR count). The quantitative estimate of drug-likeness (QED) is 0.608. The van der Waals surface area contributed by atoms with E-state index in [4.69, 9.17) is 0 Å². The lowest BCUT2D eigenvalue weighted by molar-refractivity contribution is -0.135. The summed E-state index contributed by atoms with van der Waals surface area (Å²) < 4.78 is 18.0. The topological polar surface area (TPSA) is 63.6 Å². The van der Waals surface area contributed by atoms with E-state index in [1.54, 1.807) is 30.3 Å². The van der Waals surface area contributed by atoms with Gasteiger partial charge >= 0.3 is 11.9 Å². The Hall–Kier alpha value is -2.86. The molecule has 1 N–H and O–H groups in total. The number of carbonyl (C=O) groups excluding carboxylic acids is 1. The molecule has 0 aromatic heterocycles. The van der Waals surface area contributed by atoms with Gasteiger partial charge in [0, 0.05) is 12.9 Å². The number of carboxylic acids is 1. The highest BCUT2D eigenvalue weighted by Gasteiger charge is 2.25. The maximum Gasteiger partial charge on any atom is 0.349 e. The minimum Gasteiger partial charge on any atom is -0.481 e. The SMILES string of the molecule is CC1=C(CC(=O)O)c2cc(F)ccc2/C1=C/c1ccc(C(=O)OS)cc1. The van der Waals surface area contributed by atoms with Crippen molar-refractivity contribution in [1.29, 1.82) is 0 Å². The molecular formula is C20H15FO4S. The summed E-state index contributed by atoms with van der Waals surface area (Å²) in [7, 11) is 0. The molecule has 0 bridgehead atoms. The van der Waals surface area contributed by atoms with Crippen molar-refractivity contribution in [3.63, 3.8) is 0 Å². The lowest BCUT2D eigenvalue weighted by Gasteiger charge is -2.05. The molecule has 0 radical (unpaired) electrons. The third-order valence-electron chi connectivity index (χ3n) is 4.32. The molecule has 26 heavy (non-hydrogen) atoms. The Morgan fingerprint density at radius 3 is 2.46 bits per heavy atom. The van der Waals surface area contributed by atoms with Crippen molar-refractivity contribution in [2.75, 3.05) is 0 Å². The van der Waals surface area contributed by atoms with Gasteiger partial charge in [-0.1, -0.05) is 18.2 Å². The van der Waals surface area contributed by atoms with Crippen molar-refractivity contribution in [2.45, 2.75) is 13.3 Å². The van der Waals surface area contributed by atoms with E-state index >= 15 is 0 Å². The first kappa shape index (κ1) is 17.9. The minimum absolute atomic E-state index is 0.174. The smallest absolute Gasteiger partial charge is 0.349 e. The van der Waals surface area contributed by atoms with Crippen molar-refractivity contribution < 1.29 is 23.3 Å². The van der Waals surface area contributed by atoms with Gasteiger partial charge in [-0.25, -0.2) is 9.18 Å². The van der Waals surface area contributed by atoms with Crippen LogP contribution < -0.4 is 0 Å². The number of thiol groups is 1. The summed E-state index contributed by atoms with van der Waals surface area (Å²) >= 11 is 3.49. The standard InChI is InChI=1S/C20H15FO4S/c1-11-16(8-12-2-4-13(5-3-12)20(24)25-26)15-7-6-14(21)9-18(15)17(11)10-19(22)23/h2-9,26H,10H2,1H3,(H,22,23)/b16-8+. The molecular weight excluding hydrogens is 355 g/mol. The van der Waals surface area contributed by atoms with Crippen LogP contribution in [0.3, 0.4) is 0 Å². The van der Waals surface area contributed by atoms with Gasteiger partial charge in [-0.2, -0.15) is 0 Å². The Bertz CT molecular complexity index is 958. The second kappa shape index (κ2) is 7.17. The van der Waals surface area contributed by atoms with Crippen molar-refractivity contribution in [2.24, 2.45) is 0 Å². The van der Waals surface area contributed by atoms with Crippen molar-refractivity contribution in [3.05, 3.63) is 76.1 Å². The van der Waals surface area contributed by atoms with Crippen LogP contribution in [0.1, 0.15) is 40.4 Å². The van der Waals surface area contributed by atoms with Gasteiger partial charge in [0.25, 0.3) is 0 Å². The van der Waals surface area contributed by atoms with Gasteiger partial charge in [0.05, 0.1) is 12.0 Å². The number of carbonyl (C=O) groups is 2. The number of carboxylic acid groups (broad SMARTS) is 1. The van der Waals surface area contributed by atoms with Crippen molar-refractivity contribution in [3.8, 4) is 0 Å². The van der Waals surface area contributed by atoms with Crippen molar-refractivity contribution >= 4 is 42.1 Å². The van der Waals surface area contributed by atoms with E-state index in [2.05, 4.69) is 17.1 Å². The van der Waals surface area contributed by atoms with Crippen LogP contribution in [0.5, 0.6) is 0 Å². The summed E-state index contributed by atoms with van der Waals surface area (Å²) in [6.45, 7) is 1.83.